The van der Waals surface area contributed by atoms with E-state index < -0.39 is 11.4 Å². The first-order chi connectivity index (χ1) is 20.0. The largest absolute Gasteiger partial charge is 0.353 e. The number of hydrogen-bond acceptors (Lipinski definition) is 6. The van der Waals surface area contributed by atoms with E-state index in [9.17, 15) is 14.0 Å². The van der Waals surface area contributed by atoms with Crippen LogP contribution in [-0.2, 0) is 16.6 Å². The van der Waals surface area contributed by atoms with Crippen molar-refractivity contribution in [2.24, 2.45) is 0 Å². The molecule has 0 unspecified atom stereocenters. The normalized spacial score (nSPS) is 17.4. The van der Waals surface area contributed by atoms with E-state index in [-0.39, 0.29) is 22.1 Å². The monoisotopic (exact) mass is 591 g/mol. The number of anilines is 3. The van der Waals surface area contributed by atoms with Crippen molar-refractivity contribution < 1.29 is 14.0 Å². The SMILES string of the molecule is CCC(=O)Cc1ccc(N2CCN(C(=O)c3ccc4c(n3)C(CC)(CC)CN4c3ccc(Cl)c(F)c3)C(C)(C)C2)nc1. The number of nitrogens with zero attached hydrogens (tertiary/aromatic N) is 5. The van der Waals surface area contributed by atoms with Crippen molar-refractivity contribution in [3.63, 3.8) is 0 Å². The molecule has 7 nitrogen and oxygen atoms in total. The number of carbonyl (C=O) groups is 2. The molecule has 1 amide bonds. The fourth-order valence-electron chi connectivity index (χ4n) is 6.26. The maximum Gasteiger partial charge on any atom is 0.273 e. The van der Waals surface area contributed by atoms with Gasteiger partial charge in [-0.1, -0.05) is 38.4 Å². The summed E-state index contributed by atoms with van der Waals surface area (Å²) in [6.45, 7) is 12.7. The molecule has 0 atom stereocenters. The van der Waals surface area contributed by atoms with Crippen LogP contribution in [0.2, 0.25) is 5.02 Å². The molecule has 4 heterocycles. The number of aromatic nitrogens is 2. The predicted octanol–water partition coefficient (Wildman–Crippen LogP) is 6.74. The predicted molar refractivity (Wildman–Crippen MR) is 165 cm³/mol. The minimum atomic E-state index is -0.464. The lowest BCUT2D eigenvalue weighted by atomic mass is 9.80. The molecule has 0 N–H and O–H groups in total. The van der Waals surface area contributed by atoms with E-state index in [4.69, 9.17) is 16.6 Å². The zero-order valence-corrected chi connectivity index (χ0v) is 25.8. The number of ketones is 1. The van der Waals surface area contributed by atoms with Gasteiger partial charge in [-0.2, -0.15) is 0 Å². The van der Waals surface area contributed by atoms with Crippen molar-refractivity contribution in [2.75, 3.05) is 36.0 Å². The third-order valence-corrected chi connectivity index (χ3v) is 9.30. The second-order valence-corrected chi connectivity index (χ2v) is 12.4. The van der Waals surface area contributed by atoms with Gasteiger partial charge in [-0.15, -0.1) is 0 Å². The molecule has 2 aromatic heterocycles. The Bertz CT molecular complexity index is 1490. The van der Waals surface area contributed by atoms with Gasteiger partial charge in [0.15, 0.2) is 0 Å². The summed E-state index contributed by atoms with van der Waals surface area (Å²) in [5, 5.41) is 0.0912. The van der Waals surface area contributed by atoms with Gasteiger partial charge < -0.3 is 14.7 Å². The van der Waals surface area contributed by atoms with Crippen LogP contribution in [-0.4, -0.2) is 58.3 Å². The highest BCUT2D eigenvalue weighted by Crippen LogP contribution is 2.47. The lowest BCUT2D eigenvalue weighted by Crippen LogP contribution is -2.61. The second kappa shape index (κ2) is 11.6. The van der Waals surface area contributed by atoms with Crippen LogP contribution < -0.4 is 9.80 Å². The van der Waals surface area contributed by atoms with Gasteiger partial charge in [0, 0.05) is 56.3 Å². The fraction of sp³-hybridized carbons (Fsp3) is 0.455. The molecule has 9 heteroatoms. The van der Waals surface area contributed by atoms with E-state index in [1.807, 2.05) is 36.1 Å². The maximum absolute atomic E-state index is 14.4. The molecular weight excluding hydrogens is 553 g/mol. The molecule has 0 saturated carbocycles. The Morgan fingerprint density at radius 1 is 1.00 bits per heavy atom. The van der Waals surface area contributed by atoms with Gasteiger partial charge in [-0.3, -0.25) is 9.59 Å². The Morgan fingerprint density at radius 2 is 1.76 bits per heavy atom. The summed E-state index contributed by atoms with van der Waals surface area (Å²) in [5.41, 5.74) is 3.12. The summed E-state index contributed by atoms with van der Waals surface area (Å²) < 4.78 is 14.4. The number of amides is 1. The van der Waals surface area contributed by atoms with Crippen molar-refractivity contribution >= 4 is 40.5 Å². The van der Waals surface area contributed by atoms with E-state index in [1.165, 1.54) is 6.07 Å². The lowest BCUT2D eigenvalue weighted by molar-refractivity contribution is -0.118. The number of rotatable bonds is 8. The van der Waals surface area contributed by atoms with E-state index in [1.54, 1.807) is 18.3 Å². The molecule has 5 rings (SSSR count). The first kappa shape index (κ1) is 30.0. The standard InChI is InChI=1S/C33H39ClFN5O2/c1-6-24(41)17-22-9-14-29(36-19-22)38-15-16-40(32(4,5)20-38)31(42)27-12-13-28-30(37-27)33(7-2,8-3)21-39(28)23-10-11-25(34)26(35)18-23/h9-14,18-19H,6-8,15-17,20-21H2,1-5H3. The van der Waals surface area contributed by atoms with Gasteiger partial charge in [0.1, 0.15) is 23.1 Å². The molecule has 2 aliphatic rings. The molecule has 2 aliphatic heterocycles. The third kappa shape index (κ3) is 5.49. The second-order valence-electron chi connectivity index (χ2n) is 12.0. The number of pyridine rings is 2. The van der Waals surface area contributed by atoms with Gasteiger partial charge in [-0.25, -0.2) is 14.4 Å². The van der Waals surface area contributed by atoms with Crippen LogP contribution >= 0.6 is 11.6 Å². The van der Waals surface area contributed by atoms with Crippen LogP contribution in [0.4, 0.5) is 21.6 Å². The van der Waals surface area contributed by atoms with Gasteiger partial charge in [0.05, 0.1) is 21.9 Å². The number of hydrogen-bond donors (Lipinski definition) is 0. The molecule has 42 heavy (non-hydrogen) atoms. The highest BCUT2D eigenvalue weighted by atomic mass is 35.5. The average molecular weight is 592 g/mol. The fourth-order valence-corrected chi connectivity index (χ4v) is 6.38. The quantitative estimate of drug-likeness (QED) is 0.289. The smallest absolute Gasteiger partial charge is 0.273 e. The van der Waals surface area contributed by atoms with Crippen molar-refractivity contribution in [1.29, 1.82) is 0 Å². The van der Waals surface area contributed by atoms with Crippen LogP contribution in [0.1, 0.15) is 75.6 Å². The van der Waals surface area contributed by atoms with E-state index in [0.29, 0.717) is 44.7 Å². The van der Waals surface area contributed by atoms with Crippen molar-refractivity contribution in [3.8, 4) is 0 Å². The lowest BCUT2D eigenvalue weighted by Gasteiger charge is -2.47. The molecule has 0 radical (unpaired) electrons. The summed E-state index contributed by atoms with van der Waals surface area (Å²) in [7, 11) is 0. The van der Waals surface area contributed by atoms with Gasteiger partial charge in [0.25, 0.3) is 5.91 Å². The van der Waals surface area contributed by atoms with Crippen molar-refractivity contribution in [2.45, 2.75) is 71.3 Å². The molecule has 1 saturated heterocycles. The minimum Gasteiger partial charge on any atom is -0.353 e. The Labute approximate surface area is 252 Å². The first-order valence-electron chi connectivity index (χ1n) is 14.8. The highest BCUT2D eigenvalue weighted by Gasteiger charge is 2.44. The number of halogens is 2. The zero-order valence-electron chi connectivity index (χ0n) is 25.1. The van der Waals surface area contributed by atoms with Gasteiger partial charge in [0.2, 0.25) is 0 Å². The Kier molecular flexibility index (Phi) is 8.30. The third-order valence-electron chi connectivity index (χ3n) is 8.99. The van der Waals surface area contributed by atoms with Crippen LogP contribution in [0.25, 0.3) is 0 Å². The summed E-state index contributed by atoms with van der Waals surface area (Å²) in [4.78, 5) is 41.6. The van der Waals surface area contributed by atoms with Crippen LogP contribution in [0.3, 0.4) is 0 Å². The Morgan fingerprint density at radius 3 is 2.38 bits per heavy atom. The molecule has 3 aromatic rings. The number of benzene rings is 1. The Balaban J connectivity index is 1.38. The number of carbonyl (C=O) groups excluding carboxylic acids is 2. The molecule has 1 aromatic carbocycles. The topological polar surface area (TPSA) is 69.6 Å². The summed E-state index contributed by atoms with van der Waals surface area (Å²) in [5.74, 6) is 0.480. The molecule has 222 valence electrons. The summed E-state index contributed by atoms with van der Waals surface area (Å²) in [6.07, 6.45) is 4.38. The van der Waals surface area contributed by atoms with E-state index in [2.05, 4.69) is 42.5 Å². The van der Waals surface area contributed by atoms with Gasteiger partial charge >= 0.3 is 0 Å². The number of piperazine rings is 1. The summed E-state index contributed by atoms with van der Waals surface area (Å²) >= 11 is 5.96. The van der Waals surface area contributed by atoms with Crippen LogP contribution in [0, 0.1) is 5.82 Å². The van der Waals surface area contributed by atoms with Crippen molar-refractivity contribution in [1.82, 2.24) is 14.9 Å². The maximum atomic E-state index is 14.4. The first-order valence-corrected chi connectivity index (χ1v) is 15.2. The Hall–Kier alpha value is -3.52. The zero-order chi connectivity index (χ0) is 30.2. The molecule has 0 spiro atoms. The van der Waals surface area contributed by atoms with Gasteiger partial charge in [-0.05, 0) is 68.7 Å². The number of fused-ring (bicyclic) bond motifs is 1. The summed E-state index contributed by atoms with van der Waals surface area (Å²) in [6, 6.07) is 12.5. The van der Waals surface area contributed by atoms with E-state index >= 15 is 0 Å². The average Bonchev–Trinajstić information content (AvgIpc) is 3.32. The van der Waals surface area contributed by atoms with E-state index in [0.717, 1.165) is 41.3 Å². The van der Waals surface area contributed by atoms with Crippen LogP contribution in [0.15, 0.2) is 48.7 Å². The molecule has 0 bridgehead atoms. The van der Waals surface area contributed by atoms with Crippen LogP contribution in [0.5, 0.6) is 0 Å². The molecule has 1 fully saturated rings. The highest BCUT2D eigenvalue weighted by molar-refractivity contribution is 6.30. The molecular formula is C33H39ClFN5O2. The molecule has 0 aliphatic carbocycles. The number of Topliss-reactive ketones (excluding diaryl/α,β-unsaturated/α-hetero) is 1. The van der Waals surface area contributed by atoms with Crippen molar-refractivity contribution in [3.05, 3.63) is 76.5 Å². The minimum absolute atomic E-state index is 0.0912.